The standard InChI is InChI=1S/C29H41ClN2O2/c1-4-19-32(20-5-2)21-6-22-34-28-17-11-24(12-18-28)23-9-15-27(16-10-23)31(3)29(33)25-7-13-26(30)14-8-25/h7-8,11-14,17-18,23,27H,4-6,9-10,15-16,19-22H2,1-3H3. The summed E-state index contributed by atoms with van der Waals surface area (Å²) in [6.45, 7) is 8.71. The summed E-state index contributed by atoms with van der Waals surface area (Å²) in [7, 11) is 1.93. The van der Waals surface area contributed by atoms with E-state index < -0.39 is 0 Å². The van der Waals surface area contributed by atoms with Crippen molar-refractivity contribution in [3.63, 3.8) is 0 Å². The molecule has 0 aliphatic heterocycles. The molecule has 186 valence electrons. The van der Waals surface area contributed by atoms with E-state index in [1.54, 1.807) is 12.1 Å². The lowest BCUT2D eigenvalue weighted by atomic mass is 9.81. The average Bonchev–Trinajstić information content (AvgIpc) is 2.87. The molecule has 3 rings (SSSR count). The van der Waals surface area contributed by atoms with Crippen molar-refractivity contribution >= 4 is 17.5 Å². The van der Waals surface area contributed by atoms with Crippen LogP contribution < -0.4 is 4.74 Å². The summed E-state index contributed by atoms with van der Waals surface area (Å²) in [6, 6.07) is 16.2. The zero-order valence-corrected chi connectivity index (χ0v) is 21.9. The molecule has 5 heteroatoms. The molecule has 34 heavy (non-hydrogen) atoms. The largest absolute Gasteiger partial charge is 0.494 e. The van der Waals surface area contributed by atoms with Gasteiger partial charge in [-0.3, -0.25) is 4.79 Å². The van der Waals surface area contributed by atoms with Gasteiger partial charge in [-0.1, -0.05) is 37.6 Å². The van der Waals surface area contributed by atoms with Crippen LogP contribution in [0.25, 0.3) is 0 Å². The van der Waals surface area contributed by atoms with Crippen molar-refractivity contribution in [3.05, 3.63) is 64.7 Å². The van der Waals surface area contributed by atoms with Gasteiger partial charge in [-0.05, 0) is 106 Å². The number of benzene rings is 2. The molecule has 1 aliphatic rings. The Labute approximate surface area is 211 Å². The Hall–Kier alpha value is -2.04. The minimum Gasteiger partial charge on any atom is -0.494 e. The summed E-state index contributed by atoms with van der Waals surface area (Å²) in [6.07, 6.45) is 7.75. The normalized spacial score (nSPS) is 18.1. The highest BCUT2D eigenvalue weighted by atomic mass is 35.5. The highest BCUT2D eigenvalue weighted by Gasteiger charge is 2.27. The molecule has 1 aliphatic carbocycles. The van der Waals surface area contributed by atoms with Gasteiger partial charge in [0, 0.05) is 30.2 Å². The lowest BCUT2D eigenvalue weighted by Crippen LogP contribution is -2.39. The monoisotopic (exact) mass is 484 g/mol. The van der Waals surface area contributed by atoms with E-state index in [4.69, 9.17) is 16.3 Å². The molecule has 0 radical (unpaired) electrons. The molecule has 4 nitrogen and oxygen atoms in total. The first-order valence-corrected chi connectivity index (χ1v) is 13.4. The predicted molar refractivity (Wildman–Crippen MR) is 142 cm³/mol. The summed E-state index contributed by atoms with van der Waals surface area (Å²) in [5.41, 5.74) is 2.09. The molecular formula is C29H41ClN2O2. The Morgan fingerprint density at radius 1 is 0.912 bits per heavy atom. The lowest BCUT2D eigenvalue weighted by molar-refractivity contribution is 0.0689. The van der Waals surface area contributed by atoms with Gasteiger partial charge < -0.3 is 14.5 Å². The Morgan fingerprint density at radius 2 is 1.53 bits per heavy atom. The Bertz CT molecular complexity index is 855. The van der Waals surface area contributed by atoms with E-state index in [1.165, 1.54) is 31.5 Å². The maximum Gasteiger partial charge on any atom is 0.253 e. The van der Waals surface area contributed by atoms with E-state index in [0.29, 0.717) is 22.5 Å². The predicted octanol–water partition coefficient (Wildman–Crippen LogP) is 7.03. The maximum atomic E-state index is 12.8. The SMILES string of the molecule is CCCN(CCC)CCCOc1ccc(C2CCC(N(C)C(=O)c3ccc(Cl)cc3)CC2)cc1. The fourth-order valence-corrected chi connectivity index (χ4v) is 5.17. The number of carbonyl (C=O) groups excluding carboxylic acids is 1. The lowest BCUT2D eigenvalue weighted by Gasteiger charge is -2.35. The van der Waals surface area contributed by atoms with E-state index in [0.717, 1.165) is 51.0 Å². The molecule has 0 heterocycles. The summed E-state index contributed by atoms with van der Waals surface area (Å²) < 4.78 is 6.00. The summed E-state index contributed by atoms with van der Waals surface area (Å²) >= 11 is 5.96. The molecule has 0 spiro atoms. The fourth-order valence-electron chi connectivity index (χ4n) is 5.04. The van der Waals surface area contributed by atoms with Crippen molar-refractivity contribution in [1.29, 1.82) is 0 Å². The second kappa shape index (κ2) is 13.7. The number of rotatable bonds is 12. The number of hydrogen-bond acceptors (Lipinski definition) is 3. The van der Waals surface area contributed by atoms with Crippen LogP contribution in [0.3, 0.4) is 0 Å². The quantitative estimate of drug-likeness (QED) is 0.303. The van der Waals surface area contributed by atoms with Crippen LogP contribution in [-0.4, -0.2) is 55.0 Å². The smallest absolute Gasteiger partial charge is 0.253 e. The van der Waals surface area contributed by atoms with Gasteiger partial charge in [0.2, 0.25) is 0 Å². The second-order valence-corrected chi connectivity index (χ2v) is 9.98. The van der Waals surface area contributed by atoms with Gasteiger partial charge in [0.1, 0.15) is 5.75 Å². The van der Waals surface area contributed by atoms with Gasteiger partial charge in [-0.15, -0.1) is 0 Å². The first kappa shape index (κ1) is 26.6. The molecule has 1 amide bonds. The average molecular weight is 485 g/mol. The summed E-state index contributed by atoms with van der Waals surface area (Å²) in [5.74, 6) is 1.60. The van der Waals surface area contributed by atoms with Crippen LogP contribution in [0.1, 0.15) is 80.6 Å². The Kier molecular flexibility index (Phi) is 10.7. The molecule has 1 saturated carbocycles. The van der Waals surface area contributed by atoms with E-state index in [-0.39, 0.29) is 5.91 Å². The maximum absolute atomic E-state index is 12.8. The van der Waals surface area contributed by atoms with Crippen LogP contribution >= 0.6 is 11.6 Å². The minimum atomic E-state index is 0.0779. The van der Waals surface area contributed by atoms with E-state index in [2.05, 4.69) is 43.0 Å². The molecule has 2 aromatic rings. The number of amides is 1. The van der Waals surface area contributed by atoms with Gasteiger partial charge in [0.25, 0.3) is 5.91 Å². The van der Waals surface area contributed by atoms with Gasteiger partial charge in [-0.25, -0.2) is 0 Å². The van der Waals surface area contributed by atoms with Crippen LogP contribution in [0.15, 0.2) is 48.5 Å². The number of carbonyl (C=O) groups is 1. The third-order valence-corrected chi connectivity index (χ3v) is 7.23. The summed E-state index contributed by atoms with van der Waals surface area (Å²) in [4.78, 5) is 17.3. The van der Waals surface area contributed by atoms with Gasteiger partial charge in [0.05, 0.1) is 6.61 Å². The van der Waals surface area contributed by atoms with Crippen LogP contribution in [0, 0.1) is 0 Å². The fraction of sp³-hybridized carbons (Fsp3) is 0.552. The minimum absolute atomic E-state index is 0.0779. The van der Waals surface area contributed by atoms with Gasteiger partial charge in [-0.2, -0.15) is 0 Å². The van der Waals surface area contributed by atoms with Gasteiger partial charge >= 0.3 is 0 Å². The molecule has 1 fully saturated rings. The van der Waals surface area contributed by atoms with Crippen LogP contribution in [0.2, 0.25) is 5.02 Å². The van der Waals surface area contributed by atoms with Crippen LogP contribution in [-0.2, 0) is 0 Å². The number of halogens is 1. The van der Waals surface area contributed by atoms with Gasteiger partial charge in [0.15, 0.2) is 0 Å². The first-order valence-electron chi connectivity index (χ1n) is 13.0. The third-order valence-electron chi connectivity index (χ3n) is 6.97. The molecule has 0 saturated heterocycles. The van der Waals surface area contributed by atoms with Crippen molar-refractivity contribution in [2.24, 2.45) is 0 Å². The van der Waals surface area contributed by atoms with E-state index >= 15 is 0 Å². The molecule has 0 bridgehead atoms. The zero-order chi connectivity index (χ0) is 24.3. The number of ether oxygens (including phenoxy) is 1. The van der Waals surface area contributed by atoms with Crippen molar-refractivity contribution in [2.75, 3.05) is 33.3 Å². The third kappa shape index (κ3) is 7.74. The highest BCUT2D eigenvalue weighted by molar-refractivity contribution is 6.30. The van der Waals surface area contributed by atoms with Crippen molar-refractivity contribution in [3.8, 4) is 5.75 Å². The first-order chi connectivity index (χ1) is 16.5. The van der Waals surface area contributed by atoms with Crippen molar-refractivity contribution < 1.29 is 9.53 Å². The molecule has 0 aromatic heterocycles. The second-order valence-electron chi connectivity index (χ2n) is 9.54. The highest BCUT2D eigenvalue weighted by Crippen LogP contribution is 2.35. The molecule has 0 unspecified atom stereocenters. The summed E-state index contributed by atoms with van der Waals surface area (Å²) in [5, 5.41) is 0.654. The van der Waals surface area contributed by atoms with Crippen LogP contribution in [0.5, 0.6) is 5.75 Å². The molecular weight excluding hydrogens is 444 g/mol. The van der Waals surface area contributed by atoms with Crippen molar-refractivity contribution in [2.45, 2.75) is 70.8 Å². The zero-order valence-electron chi connectivity index (χ0n) is 21.1. The van der Waals surface area contributed by atoms with E-state index in [9.17, 15) is 4.79 Å². The number of hydrogen-bond donors (Lipinski definition) is 0. The Morgan fingerprint density at radius 3 is 2.12 bits per heavy atom. The molecule has 0 N–H and O–H groups in total. The van der Waals surface area contributed by atoms with Crippen LogP contribution in [0.4, 0.5) is 0 Å². The number of nitrogens with zero attached hydrogens (tertiary/aromatic N) is 2. The Balaban J connectivity index is 1.42. The van der Waals surface area contributed by atoms with Crippen molar-refractivity contribution in [1.82, 2.24) is 9.80 Å². The topological polar surface area (TPSA) is 32.8 Å². The molecule has 0 atom stereocenters. The van der Waals surface area contributed by atoms with E-state index in [1.807, 2.05) is 24.1 Å². The molecule has 2 aromatic carbocycles.